The predicted molar refractivity (Wildman–Crippen MR) is 80.5 cm³/mol. The summed E-state index contributed by atoms with van der Waals surface area (Å²) >= 11 is 1.51. The lowest BCUT2D eigenvalue weighted by Crippen LogP contribution is -2.02. The summed E-state index contributed by atoms with van der Waals surface area (Å²) in [6, 6.07) is 4.94. The molecule has 7 heteroatoms. The van der Waals surface area contributed by atoms with Gasteiger partial charge in [-0.15, -0.1) is 11.3 Å². The van der Waals surface area contributed by atoms with Gasteiger partial charge in [-0.05, 0) is 25.1 Å². The molecule has 1 heterocycles. The highest BCUT2D eigenvalue weighted by molar-refractivity contribution is 7.90. The number of nitrogens with two attached hydrogens (primary N) is 1. The van der Waals surface area contributed by atoms with Crippen LogP contribution in [0.5, 0.6) is 0 Å². The first kappa shape index (κ1) is 15.0. The van der Waals surface area contributed by atoms with Crippen molar-refractivity contribution in [3.05, 3.63) is 28.8 Å². The van der Waals surface area contributed by atoms with E-state index in [0.717, 1.165) is 27.4 Å². The number of ether oxygens (including phenoxy) is 1. The van der Waals surface area contributed by atoms with Crippen LogP contribution in [0.25, 0.3) is 10.6 Å². The third kappa shape index (κ3) is 3.00. The van der Waals surface area contributed by atoms with E-state index < -0.39 is 9.84 Å². The maximum absolute atomic E-state index is 11.7. The van der Waals surface area contributed by atoms with Gasteiger partial charge in [0.05, 0.1) is 22.9 Å². The number of anilines is 1. The highest BCUT2D eigenvalue weighted by Gasteiger charge is 2.15. The van der Waals surface area contributed by atoms with E-state index in [1.165, 1.54) is 11.3 Å². The van der Waals surface area contributed by atoms with E-state index in [-0.39, 0.29) is 10.6 Å². The number of benzene rings is 1. The zero-order valence-electron chi connectivity index (χ0n) is 11.5. The molecule has 0 radical (unpaired) electrons. The highest BCUT2D eigenvalue weighted by Crippen LogP contribution is 2.31. The van der Waals surface area contributed by atoms with Crippen LogP contribution in [-0.4, -0.2) is 26.8 Å². The van der Waals surface area contributed by atoms with Crippen molar-refractivity contribution in [2.75, 3.05) is 19.1 Å². The molecule has 0 fully saturated rings. The Kier molecular flexibility index (Phi) is 4.12. The molecule has 2 N–H and O–H groups in total. The van der Waals surface area contributed by atoms with Crippen molar-refractivity contribution < 1.29 is 13.2 Å². The van der Waals surface area contributed by atoms with Gasteiger partial charge in [0.25, 0.3) is 0 Å². The quantitative estimate of drug-likeness (QED) is 0.876. The third-order valence-electron chi connectivity index (χ3n) is 2.83. The second kappa shape index (κ2) is 5.51. The van der Waals surface area contributed by atoms with Crippen LogP contribution in [0.2, 0.25) is 0 Å². The average molecular weight is 312 g/mol. The molecular formula is C13H16N2O3S2. The Labute approximate surface area is 122 Å². The Balaban J connectivity index is 2.51. The number of methoxy groups -OCH3 is 1. The molecule has 20 heavy (non-hydrogen) atoms. The zero-order chi connectivity index (χ0) is 14.9. The molecule has 2 rings (SSSR count). The summed E-state index contributed by atoms with van der Waals surface area (Å²) < 4.78 is 28.5. The number of hydrogen-bond acceptors (Lipinski definition) is 6. The summed E-state index contributed by atoms with van der Waals surface area (Å²) in [5, 5.41) is 0.763. The molecule has 1 aromatic heterocycles. The molecule has 0 saturated carbocycles. The van der Waals surface area contributed by atoms with Crippen LogP contribution in [0.15, 0.2) is 23.1 Å². The van der Waals surface area contributed by atoms with Gasteiger partial charge in [0, 0.05) is 23.8 Å². The molecule has 2 aromatic rings. The summed E-state index contributed by atoms with van der Waals surface area (Å²) in [6.07, 6.45) is 1.14. The van der Waals surface area contributed by atoms with Gasteiger partial charge in [-0.25, -0.2) is 13.4 Å². The van der Waals surface area contributed by atoms with E-state index in [2.05, 4.69) is 4.98 Å². The molecule has 0 atom stereocenters. The fourth-order valence-electron chi connectivity index (χ4n) is 1.81. The van der Waals surface area contributed by atoms with E-state index in [4.69, 9.17) is 10.5 Å². The van der Waals surface area contributed by atoms with Crippen molar-refractivity contribution in [3.63, 3.8) is 0 Å². The molecule has 0 saturated heterocycles. The monoisotopic (exact) mass is 312 g/mol. The molecule has 0 unspecified atom stereocenters. The number of hydrogen-bond donors (Lipinski definition) is 1. The summed E-state index contributed by atoms with van der Waals surface area (Å²) in [7, 11) is -1.74. The number of nitrogen functional groups attached to an aromatic ring is 1. The van der Waals surface area contributed by atoms with E-state index >= 15 is 0 Å². The van der Waals surface area contributed by atoms with Gasteiger partial charge < -0.3 is 10.5 Å². The smallest absolute Gasteiger partial charge is 0.177 e. The minimum atomic E-state index is -3.35. The summed E-state index contributed by atoms with van der Waals surface area (Å²) in [4.78, 5) is 5.67. The van der Waals surface area contributed by atoms with E-state index in [9.17, 15) is 8.42 Å². The maximum atomic E-state index is 11.7. The minimum absolute atomic E-state index is 0.135. The van der Waals surface area contributed by atoms with Gasteiger partial charge in [0.15, 0.2) is 9.84 Å². The van der Waals surface area contributed by atoms with Crippen molar-refractivity contribution in [2.45, 2.75) is 18.4 Å². The summed E-state index contributed by atoms with van der Waals surface area (Å²) in [5.74, 6) is 0. The molecule has 0 aliphatic heterocycles. The van der Waals surface area contributed by atoms with Crippen LogP contribution in [0.3, 0.4) is 0 Å². The minimum Gasteiger partial charge on any atom is -0.398 e. The Hall–Kier alpha value is -1.44. The fraction of sp³-hybridized carbons (Fsp3) is 0.308. The predicted octanol–water partition coefficient (Wildman–Crippen LogP) is 2.25. The lowest BCUT2D eigenvalue weighted by molar-refractivity contribution is 0.181. The van der Waals surface area contributed by atoms with Gasteiger partial charge in [-0.2, -0.15) is 0 Å². The Bertz CT molecular complexity index is 736. The Morgan fingerprint density at radius 3 is 2.70 bits per heavy atom. The molecule has 0 amide bonds. The van der Waals surface area contributed by atoms with Gasteiger partial charge in [-0.3, -0.25) is 0 Å². The van der Waals surface area contributed by atoms with Gasteiger partial charge >= 0.3 is 0 Å². The first-order valence-electron chi connectivity index (χ1n) is 5.88. The fourth-order valence-corrected chi connectivity index (χ4v) is 3.56. The molecule has 108 valence electrons. The largest absolute Gasteiger partial charge is 0.398 e. The van der Waals surface area contributed by atoms with Crippen molar-refractivity contribution in [1.82, 2.24) is 4.98 Å². The van der Waals surface area contributed by atoms with Crippen molar-refractivity contribution in [3.8, 4) is 10.6 Å². The summed E-state index contributed by atoms with van der Waals surface area (Å²) in [6.45, 7) is 2.40. The number of nitrogens with zero attached hydrogens (tertiary/aromatic N) is 1. The summed E-state index contributed by atoms with van der Waals surface area (Å²) in [5.41, 5.74) is 7.58. The standard InChI is InChI=1S/C13H16N2O3S2/c1-8-11(7-18-2)15-13(19-8)9-4-5-10(14)12(6-9)20(3,16)17/h4-6H,7,14H2,1-3H3. The van der Waals surface area contributed by atoms with Crippen molar-refractivity contribution in [2.24, 2.45) is 0 Å². The Morgan fingerprint density at radius 2 is 2.10 bits per heavy atom. The van der Waals surface area contributed by atoms with E-state index in [1.807, 2.05) is 6.92 Å². The van der Waals surface area contributed by atoms with Crippen LogP contribution < -0.4 is 5.73 Å². The number of aryl methyl sites for hydroxylation is 1. The second-order valence-electron chi connectivity index (χ2n) is 4.48. The average Bonchev–Trinajstić information content (AvgIpc) is 2.70. The number of sulfone groups is 1. The van der Waals surface area contributed by atoms with Crippen LogP contribution in [0.1, 0.15) is 10.6 Å². The lowest BCUT2D eigenvalue weighted by atomic mass is 10.2. The zero-order valence-corrected chi connectivity index (χ0v) is 13.1. The first-order valence-corrected chi connectivity index (χ1v) is 8.59. The SMILES string of the molecule is COCc1nc(-c2ccc(N)c(S(C)(=O)=O)c2)sc1C. The molecule has 0 aliphatic rings. The van der Waals surface area contributed by atoms with Gasteiger partial charge in [-0.1, -0.05) is 0 Å². The topological polar surface area (TPSA) is 82.3 Å². The Morgan fingerprint density at radius 1 is 1.40 bits per heavy atom. The maximum Gasteiger partial charge on any atom is 0.177 e. The molecule has 0 spiro atoms. The van der Waals surface area contributed by atoms with Crippen molar-refractivity contribution >= 4 is 26.9 Å². The normalized spacial score (nSPS) is 11.8. The number of thiazole rings is 1. The van der Waals surface area contributed by atoms with Crippen LogP contribution in [0, 0.1) is 6.92 Å². The molecule has 0 aliphatic carbocycles. The first-order chi connectivity index (χ1) is 9.32. The number of aromatic nitrogens is 1. The molecular weight excluding hydrogens is 296 g/mol. The highest BCUT2D eigenvalue weighted by atomic mass is 32.2. The van der Waals surface area contributed by atoms with Crippen molar-refractivity contribution in [1.29, 1.82) is 0 Å². The molecule has 1 aromatic carbocycles. The van der Waals surface area contributed by atoms with Gasteiger partial charge in [0.1, 0.15) is 5.01 Å². The van der Waals surface area contributed by atoms with E-state index in [1.54, 1.807) is 25.3 Å². The van der Waals surface area contributed by atoms with Gasteiger partial charge in [0.2, 0.25) is 0 Å². The van der Waals surface area contributed by atoms with Crippen LogP contribution >= 0.6 is 11.3 Å². The molecule has 0 bridgehead atoms. The lowest BCUT2D eigenvalue weighted by Gasteiger charge is -2.05. The second-order valence-corrected chi connectivity index (χ2v) is 7.67. The van der Waals surface area contributed by atoms with E-state index in [0.29, 0.717) is 6.61 Å². The van der Waals surface area contributed by atoms with Crippen LogP contribution in [0.4, 0.5) is 5.69 Å². The third-order valence-corrected chi connectivity index (χ3v) is 5.05. The number of rotatable bonds is 4. The van der Waals surface area contributed by atoms with Crippen LogP contribution in [-0.2, 0) is 21.2 Å². The molecule has 5 nitrogen and oxygen atoms in total.